The molecular weight excluding hydrogens is 226 g/mol. The molecule has 0 amide bonds. The lowest BCUT2D eigenvalue weighted by Gasteiger charge is -2.29. The smallest absolute Gasteiger partial charge is 0.133 e. The number of nitrogens with two attached hydrogens (primary N) is 1. The zero-order valence-electron chi connectivity index (χ0n) is 11.3. The summed E-state index contributed by atoms with van der Waals surface area (Å²) in [6.45, 7) is 4.40. The van der Waals surface area contributed by atoms with Crippen molar-refractivity contribution in [2.24, 2.45) is 0 Å². The predicted octanol–water partition coefficient (Wildman–Crippen LogP) is 1.52. The van der Waals surface area contributed by atoms with Crippen molar-refractivity contribution in [3.63, 3.8) is 0 Å². The maximum atomic E-state index is 5.82. The average Bonchev–Trinajstić information content (AvgIpc) is 2.32. The molecule has 0 aliphatic carbocycles. The van der Waals surface area contributed by atoms with Crippen LogP contribution in [0.2, 0.25) is 0 Å². The Bertz CT molecular complexity index is 385. The minimum Gasteiger partial charge on any atom is -0.384 e. The number of aryl methyl sites for hydroxylation is 1. The number of likely N-dealkylation sites (tertiary alicyclic amines) is 1. The highest BCUT2D eigenvalue weighted by Gasteiger charge is 2.17. The Morgan fingerprint density at radius 2 is 2.11 bits per heavy atom. The van der Waals surface area contributed by atoms with E-state index in [1.54, 1.807) is 0 Å². The van der Waals surface area contributed by atoms with Crippen LogP contribution in [0.1, 0.15) is 32.0 Å². The largest absolute Gasteiger partial charge is 0.384 e. The molecule has 1 aliphatic rings. The quantitative estimate of drug-likeness (QED) is 0.847. The minimum atomic E-state index is 0.505. The number of hydrogen-bond donors (Lipinski definition) is 2. The molecule has 1 fully saturated rings. The fourth-order valence-corrected chi connectivity index (χ4v) is 2.29. The molecule has 1 saturated heterocycles. The van der Waals surface area contributed by atoms with E-state index in [0.717, 1.165) is 50.4 Å². The van der Waals surface area contributed by atoms with Crippen molar-refractivity contribution in [3.8, 4) is 0 Å². The molecule has 1 aromatic heterocycles. The molecule has 0 bridgehead atoms. The topological polar surface area (TPSA) is 67.1 Å². The molecule has 0 saturated carbocycles. The third-order valence-corrected chi connectivity index (χ3v) is 3.34. The number of nitrogens with zero attached hydrogens (tertiary/aromatic N) is 3. The van der Waals surface area contributed by atoms with E-state index < -0.39 is 0 Å². The van der Waals surface area contributed by atoms with Gasteiger partial charge in [0.25, 0.3) is 0 Å². The van der Waals surface area contributed by atoms with Crippen LogP contribution in [0.15, 0.2) is 6.07 Å². The van der Waals surface area contributed by atoms with Crippen molar-refractivity contribution >= 4 is 11.6 Å². The van der Waals surface area contributed by atoms with Crippen LogP contribution < -0.4 is 11.1 Å². The summed E-state index contributed by atoms with van der Waals surface area (Å²) in [4.78, 5) is 11.1. The second-order valence-electron chi connectivity index (χ2n) is 5.07. The first-order chi connectivity index (χ1) is 8.67. The third-order valence-electron chi connectivity index (χ3n) is 3.34. The van der Waals surface area contributed by atoms with Crippen molar-refractivity contribution in [1.82, 2.24) is 14.9 Å². The number of hydrogen-bond acceptors (Lipinski definition) is 5. The fraction of sp³-hybridized carbons (Fsp3) is 0.692. The van der Waals surface area contributed by atoms with Gasteiger partial charge in [0, 0.05) is 18.5 Å². The fourth-order valence-electron chi connectivity index (χ4n) is 2.29. The molecule has 100 valence electrons. The second-order valence-corrected chi connectivity index (χ2v) is 5.07. The average molecular weight is 249 g/mol. The van der Waals surface area contributed by atoms with Gasteiger partial charge in [-0.25, -0.2) is 9.97 Å². The van der Waals surface area contributed by atoms with E-state index in [9.17, 15) is 0 Å². The molecule has 0 atom stereocenters. The summed E-state index contributed by atoms with van der Waals surface area (Å²) in [6, 6.07) is 2.34. The Hall–Kier alpha value is -1.36. The van der Waals surface area contributed by atoms with E-state index in [2.05, 4.69) is 34.2 Å². The summed E-state index contributed by atoms with van der Waals surface area (Å²) >= 11 is 0. The van der Waals surface area contributed by atoms with Crippen LogP contribution in [0, 0.1) is 0 Å². The molecule has 0 aromatic carbocycles. The van der Waals surface area contributed by atoms with Crippen LogP contribution in [-0.2, 0) is 6.42 Å². The molecule has 2 rings (SSSR count). The van der Waals surface area contributed by atoms with Gasteiger partial charge >= 0.3 is 0 Å². The number of aromatic nitrogens is 2. The molecule has 5 nitrogen and oxygen atoms in total. The van der Waals surface area contributed by atoms with Crippen molar-refractivity contribution in [1.29, 1.82) is 0 Å². The van der Waals surface area contributed by atoms with Gasteiger partial charge in [0.1, 0.15) is 17.5 Å². The molecule has 2 heterocycles. The van der Waals surface area contributed by atoms with Crippen molar-refractivity contribution in [2.75, 3.05) is 31.2 Å². The first kappa shape index (κ1) is 13.1. The zero-order valence-corrected chi connectivity index (χ0v) is 11.3. The molecule has 1 aliphatic heterocycles. The summed E-state index contributed by atoms with van der Waals surface area (Å²) in [6.07, 6.45) is 4.23. The number of nitrogens with one attached hydrogen (secondary N) is 1. The maximum absolute atomic E-state index is 5.82. The summed E-state index contributed by atoms with van der Waals surface area (Å²) < 4.78 is 0. The van der Waals surface area contributed by atoms with Crippen LogP contribution >= 0.6 is 0 Å². The van der Waals surface area contributed by atoms with Crippen molar-refractivity contribution in [2.45, 2.75) is 38.6 Å². The van der Waals surface area contributed by atoms with Crippen LogP contribution in [0.3, 0.4) is 0 Å². The Morgan fingerprint density at radius 3 is 2.78 bits per heavy atom. The summed E-state index contributed by atoms with van der Waals surface area (Å²) in [7, 11) is 2.16. The first-order valence-electron chi connectivity index (χ1n) is 6.76. The Kier molecular flexibility index (Phi) is 4.36. The standard InChI is InChI=1S/C13H23N5/c1-3-4-12-16-11(14)9-13(17-12)15-10-5-7-18(2)8-6-10/h9-10H,3-8H2,1-2H3,(H3,14,15,16,17). The van der Waals surface area contributed by atoms with Crippen molar-refractivity contribution < 1.29 is 0 Å². The van der Waals surface area contributed by atoms with Crippen LogP contribution in [0.4, 0.5) is 11.6 Å². The van der Waals surface area contributed by atoms with Gasteiger partial charge in [0.15, 0.2) is 0 Å². The molecule has 0 unspecified atom stereocenters. The summed E-state index contributed by atoms with van der Waals surface area (Å²) in [5.41, 5.74) is 5.82. The zero-order chi connectivity index (χ0) is 13.0. The van der Waals surface area contributed by atoms with E-state index >= 15 is 0 Å². The SMILES string of the molecule is CCCc1nc(N)cc(NC2CCN(C)CC2)n1. The highest BCUT2D eigenvalue weighted by atomic mass is 15.1. The number of nitrogen functional groups attached to an aromatic ring is 1. The van der Waals surface area contributed by atoms with E-state index in [1.807, 2.05) is 6.07 Å². The minimum absolute atomic E-state index is 0.505. The van der Waals surface area contributed by atoms with Gasteiger partial charge in [-0.15, -0.1) is 0 Å². The predicted molar refractivity (Wildman–Crippen MR) is 74.6 cm³/mol. The number of piperidine rings is 1. The molecule has 3 N–H and O–H groups in total. The van der Waals surface area contributed by atoms with Crippen LogP contribution in [0.25, 0.3) is 0 Å². The van der Waals surface area contributed by atoms with Crippen LogP contribution in [0.5, 0.6) is 0 Å². The van der Waals surface area contributed by atoms with E-state index in [-0.39, 0.29) is 0 Å². The van der Waals surface area contributed by atoms with E-state index in [4.69, 9.17) is 5.73 Å². The van der Waals surface area contributed by atoms with Gasteiger partial charge in [-0.1, -0.05) is 6.92 Å². The highest BCUT2D eigenvalue weighted by Crippen LogP contribution is 2.16. The van der Waals surface area contributed by atoms with Gasteiger partial charge < -0.3 is 16.0 Å². The molecule has 1 aromatic rings. The van der Waals surface area contributed by atoms with Gasteiger partial charge in [-0.3, -0.25) is 0 Å². The lowest BCUT2D eigenvalue weighted by atomic mass is 10.1. The summed E-state index contributed by atoms with van der Waals surface area (Å²) in [5, 5.41) is 3.48. The van der Waals surface area contributed by atoms with Gasteiger partial charge in [0.05, 0.1) is 0 Å². The first-order valence-corrected chi connectivity index (χ1v) is 6.76. The molecule has 5 heteroatoms. The lowest BCUT2D eigenvalue weighted by molar-refractivity contribution is 0.263. The molecular formula is C13H23N5. The summed E-state index contributed by atoms with van der Waals surface area (Å²) in [5.74, 6) is 2.28. The number of anilines is 2. The number of rotatable bonds is 4. The Balaban J connectivity index is 2.00. The monoisotopic (exact) mass is 249 g/mol. The van der Waals surface area contributed by atoms with Crippen molar-refractivity contribution in [3.05, 3.63) is 11.9 Å². The Morgan fingerprint density at radius 1 is 1.39 bits per heavy atom. The van der Waals surface area contributed by atoms with Gasteiger partial charge in [-0.05, 0) is 39.4 Å². The normalized spacial score (nSPS) is 17.9. The molecule has 18 heavy (non-hydrogen) atoms. The van der Waals surface area contributed by atoms with Gasteiger partial charge in [0.2, 0.25) is 0 Å². The second kappa shape index (κ2) is 6.00. The highest BCUT2D eigenvalue weighted by molar-refractivity contribution is 5.45. The van der Waals surface area contributed by atoms with E-state index in [0.29, 0.717) is 11.9 Å². The molecule has 0 spiro atoms. The third kappa shape index (κ3) is 3.57. The van der Waals surface area contributed by atoms with Gasteiger partial charge in [-0.2, -0.15) is 0 Å². The van der Waals surface area contributed by atoms with Crippen LogP contribution in [-0.4, -0.2) is 41.0 Å². The maximum Gasteiger partial charge on any atom is 0.133 e. The van der Waals surface area contributed by atoms with E-state index in [1.165, 1.54) is 0 Å². The lowest BCUT2D eigenvalue weighted by Crippen LogP contribution is -2.36. The molecule has 0 radical (unpaired) electrons. The Labute approximate surface area is 109 Å².